The van der Waals surface area contributed by atoms with E-state index in [1.54, 1.807) is 0 Å². The molecule has 0 saturated carbocycles. The summed E-state index contributed by atoms with van der Waals surface area (Å²) >= 11 is 0. The summed E-state index contributed by atoms with van der Waals surface area (Å²) in [7, 11) is 0. The van der Waals surface area contributed by atoms with E-state index in [0.29, 0.717) is 0 Å². The SMILES string of the molecule is Cc1cccc(C)c1N(c1cccc(C2=Nc3ccccc3B2c2ccc3c(c2)oc2ccccc23)c1)c1cccc(-c2cc(-c3ccccc3)ccn2)c1. The lowest BCUT2D eigenvalue weighted by Crippen LogP contribution is -2.46. The van der Waals surface area contributed by atoms with Gasteiger partial charge in [-0.1, -0.05) is 127 Å². The average molecular weight is 706 g/mol. The maximum Gasteiger partial charge on any atom is 0.268 e. The molecule has 5 heteroatoms. The summed E-state index contributed by atoms with van der Waals surface area (Å²) < 4.78 is 6.37. The molecule has 0 saturated heterocycles. The third kappa shape index (κ3) is 5.82. The Kier molecular flexibility index (Phi) is 7.99. The number of nitrogens with zero attached hydrogens (tertiary/aromatic N) is 3. The molecule has 3 heterocycles. The number of aromatic nitrogens is 1. The van der Waals surface area contributed by atoms with Gasteiger partial charge in [0.2, 0.25) is 0 Å². The molecule has 10 rings (SSSR count). The fraction of sp³-hybridized carbons (Fsp3) is 0.0400. The summed E-state index contributed by atoms with van der Waals surface area (Å²) in [5.74, 6) is 0. The van der Waals surface area contributed by atoms with Gasteiger partial charge in [0.1, 0.15) is 11.2 Å². The summed E-state index contributed by atoms with van der Waals surface area (Å²) in [6.45, 7) is 4.33. The molecule has 0 unspecified atom stereocenters. The smallest absolute Gasteiger partial charge is 0.268 e. The fourth-order valence-electron chi connectivity index (χ4n) is 8.24. The van der Waals surface area contributed by atoms with Gasteiger partial charge in [-0.2, -0.15) is 0 Å². The summed E-state index contributed by atoms with van der Waals surface area (Å²) in [5, 5.41) is 2.26. The molecule has 0 radical (unpaired) electrons. The number of pyridine rings is 1. The molecule has 4 nitrogen and oxygen atoms in total. The summed E-state index contributed by atoms with van der Waals surface area (Å²) in [5.41, 5.74) is 17.2. The van der Waals surface area contributed by atoms with Crippen molar-refractivity contribution in [1.29, 1.82) is 0 Å². The summed E-state index contributed by atoms with van der Waals surface area (Å²) in [6.07, 6.45) is 1.90. The highest BCUT2D eigenvalue weighted by atomic mass is 16.3. The van der Waals surface area contributed by atoms with Crippen LogP contribution in [0.1, 0.15) is 16.7 Å². The number of para-hydroxylation sites is 3. The van der Waals surface area contributed by atoms with Gasteiger partial charge in [0.15, 0.2) is 0 Å². The predicted octanol–water partition coefficient (Wildman–Crippen LogP) is 11.7. The van der Waals surface area contributed by atoms with Gasteiger partial charge in [-0.25, -0.2) is 0 Å². The number of fused-ring (bicyclic) bond motifs is 4. The molecule has 1 aliphatic heterocycles. The Morgan fingerprint density at radius 1 is 0.509 bits per heavy atom. The van der Waals surface area contributed by atoms with E-state index in [9.17, 15) is 0 Å². The minimum absolute atomic E-state index is 0.0518. The molecule has 55 heavy (non-hydrogen) atoms. The second kappa shape index (κ2) is 13.5. The number of hydrogen-bond acceptors (Lipinski definition) is 4. The number of rotatable bonds is 7. The molecule has 0 spiro atoms. The van der Waals surface area contributed by atoms with Crippen molar-refractivity contribution in [2.24, 2.45) is 4.99 Å². The first-order chi connectivity index (χ1) is 27.1. The highest BCUT2D eigenvalue weighted by Gasteiger charge is 2.34. The lowest BCUT2D eigenvalue weighted by molar-refractivity contribution is 0.669. The second-order valence-electron chi connectivity index (χ2n) is 14.3. The van der Waals surface area contributed by atoms with E-state index in [0.717, 1.165) is 78.1 Å². The minimum Gasteiger partial charge on any atom is -0.456 e. The molecular weight excluding hydrogens is 669 g/mol. The number of furan rings is 1. The standard InChI is InChI=1S/C50H36BN3O/c1-33-13-10-14-34(2)49(33)54(40-19-11-17-37(29-40)46-31-36(27-28-52-46)35-15-4-3-5-16-35)41-20-12-18-38(30-41)50-51(44-22-7-8-23-45(44)53-50)39-25-26-43-42-21-6-9-24-47(42)55-48(43)32-39/h3-32H,1-2H3. The zero-order valence-corrected chi connectivity index (χ0v) is 30.6. The van der Waals surface area contributed by atoms with Crippen molar-refractivity contribution >= 4 is 67.9 Å². The van der Waals surface area contributed by atoms with Crippen molar-refractivity contribution in [3.63, 3.8) is 0 Å². The average Bonchev–Trinajstić information content (AvgIpc) is 3.81. The molecular formula is C50H36BN3O. The Hall–Kier alpha value is -6.98. The van der Waals surface area contributed by atoms with Gasteiger partial charge in [0, 0.05) is 39.5 Å². The molecule has 0 N–H and O–H groups in total. The van der Waals surface area contributed by atoms with Crippen LogP contribution >= 0.6 is 0 Å². The van der Waals surface area contributed by atoms with Crippen LogP contribution in [0.2, 0.25) is 0 Å². The van der Waals surface area contributed by atoms with E-state index in [4.69, 9.17) is 14.4 Å². The van der Waals surface area contributed by atoms with E-state index >= 15 is 0 Å². The van der Waals surface area contributed by atoms with Gasteiger partial charge in [-0.3, -0.25) is 9.98 Å². The fourth-order valence-corrected chi connectivity index (χ4v) is 8.24. The largest absolute Gasteiger partial charge is 0.456 e. The lowest BCUT2D eigenvalue weighted by atomic mass is 9.37. The number of hydrogen-bond donors (Lipinski definition) is 0. The molecule has 7 aromatic carbocycles. The van der Waals surface area contributed by atoms with Gasteiger partial charge in [0.05, 0.1) is 17.1 Å². The van der Waals surface area contributed by atoms with Crippen LogP contribution in [-0.2, 0) is 0 Å². The zero-order chi connectivity index (χ0) is 36.9. The van der Waals surface area contributed by atoms with Gasteiger partial charge >= 0.3 is 0 Å². The maximum absolute atomic E-state index is 6.37. The first kappa shape index (κ1) is 32.7. The number of aliphatic imine (C=N–C) groups is 1. The minimum atomic E-state index is -0.0518. The predicted molar refractivity (Wildman–Crippen MR) is 231 cm³/mol. The quantitative estimate of drug-likeness (QED) is 0.155. The molecule has 2 aromatic heterocycles. The van der Waals surface area contributed by atoms with E-state index in [1.165, 1.54) is 22.2 Å². The van der Waals surface area contributed by atoms with Gasteiger partial charge in [-0.15, -0.1) is 0 Å². The van der Waals surface area contributed by atoms with Crippen LogP contribution in [0.5, 0.6) is 0 Å². The Balaban J connectivity index is 1.09. The molecule has 9 aromatic rings. The van der Waals surface area contributed by atoms with Gasteiger partial charge < -0.3 is 9.32 Å². The zero-order valence-electron chi connectivity index (χ0n) is 30.6. The van der Waals surface area contributed by atoms with Crippen molar-refractivity contribution in [3.8, 4) is 22.4 Å². The van der Waals surface area contributed by atoms with E-state index in [-0.39, 0.29) is 6.71 Å². The third-order valence-corrected chi connectivity index (χ3v) is 10.8. The number of benzene rings is 7. The summed E-state index contributed by atoms with van der Waals surface area (Å²) in [4.78, 5) is 12.5. The maximum atomic E-state index is 6.37. The van der Waals surface area contributed by atoms with Crippen molar-refractivity contribution in [2.45, 2.75) is 13.8 Å². The Morgan fingerprint density at radius 3 is 2.02 bits per heavy atom. The molecule has 0 fully saturated rings. The van der Waals surface area contributed by atoms with E-state index in [1.807, 2.05) is 24.4 Å². The van der Waals surface area contributed by atoms with Crippen LogP contribution in [0.3, 0.4) is 0 Å². The second-order valence-corrected chi connectivity index (χ2v) is 14.3. The normalized spacial score (nSPS) is 12.3. The first-order valence-corrected chi connectivity index (χ1v) is 18.8. The van der Waals surface area contributed by atoms with Crippen LogP contribution < -0.4 is 15.8 Å². The monoisotopic (exact) mass is 705 g/mol. The van der Waals surface area contributed by atoms with Crippen molar-refractivity contribution in [3.05, 3.63) is 199 Å². The highest BCUT2D eigenvalue weighted by molar-refractivity contribution is 7.12. The van der Waals surface area contributed by atoms with Crippen LogP contribution in [0, 0.1) is 13.8 Å². The Labute approximate surface area is 321 Å². The van der Waals surface area contributed by atoms with Crippen LogP contribution in [-0.4, -0.2) is 17.3 Å². The topological polar surface area (TPSA) is 41.6 Å². The van der Waals surface area contributed by atoms with Crippen LogP contribution in [0.25, 0.3) is 44.3 Å². The van der Waals surface area contributed by atoms with Gasteiger partial charge in [-0.05, 0) is 102 Å². The number of aryl methyl sites for hydroxylation is 2. The Morgan fingerprint density at radius 2 is 1.18 bits per heavy atom. The summed E-state index contributed by atoms with van der Waals surface area (Å²) in [6, 6.07) is 62.2. The van der Waals surface area contributed by atoms with Crippen molar-refractivity contribution in [2.75, 3.05) is 4.90 Å². The number of anilines is 3. The van der Waals surface area contributed by atoms with E-state index in [2.05, 4.69) is 176 Å². The van der Waals surface area contributed by atoms with Crippen LogP contribution in [0.15, 0.2) is 192 Å². The Bertz CT molecular complexity index is 2910. The first-order valence-electron chi connectivity index (χ1n) is 18.8. The van der Waals surface area contributed by atoms with Gasteiger partial charge in [0.25, 0.3) is 6.71 Å². The highest BCUT2D eigenvalue weighted by Crippen LogP contribution is 2.41. The van der Waals surface area contributed by atoms with Crippen molar-refractivity contribution in [1.82, 2.24) is 4.98 Å². The molecule has 0 amide bonds. The molecule has 1 aliphatic rings. The molecule has 0 bridgehead atoms. The van der Waals surface area contributed by atoms with E-state index < -0.39 is 0 Å². The lowest BCUT2D eigenvalue weighted by Gasteiger charge is -2.29. The molecule has 260 valence electrons. The van der Waals surface area contributed by atoms with Crippen molar-refractivity contribution < 1.29 is 4.42 Å². The van der Waals surface area contributed by atoms with Crippen LogP contribution in [0.4, 0.5) is 22.7 Å². The molecule has 0 aliphatic carbocycles. The third-order valence-electron chi connectivity index (χ3n) is 10.8. The molecule has 0 atom stereocenters.